The molecule has 0 spiro atoms. The predicted molar refractivity (Wildman–Crippen MR) is 106 cm³/mol. The quantitative estimate of drug-likeness (QED) is 0.668. The van der Waals surface area contributed by atoms with Crippen LogP contribution in [0.5, 0.6) is 17.2 Å². The molecule has 0 saturated carbocycles. The van der Waals surface area contributed by atoms with Crippen LogP contribution in [0.1, 0.15) is 22.3 Å². The number of nitrogens with one attached hydrogen (secondary N) is 2. The van der Waals surface area contributed by atoms with Gasteiger partial charge in [0.15, 0.2) is 11.5 Å². The van der Waals surface area contributed by atoms with E-state index < -0.39 is 0 Å². The maximum atomic E-state index is 12.4. The normalized spacial score (nSPS) is 10.1. The highest BCUT2D eigenvalue weighted by Crippen LogP contribution is 2.38. The summed E-state index contributed by atoms with van der Waals surface area (Å²) < 4.78 is 15.7. The van der Waals surface area contributed by atoms with E-state index in [1.165, 1.54) is 21.3 Å². The lowest BCUT2D eigenvalue weighted by molar-refractivity contribution is -0.121. The minimum atomic E-state index is -0.349. The summed E-state index contributed by atoms with van der Waals surface area (Å²) in [6.07, 6.45) is 0.140. The number of methoxy groups -OCH3 is 3. The first-order valence-corrected chi connectivity index (χ1v) is 8.96. The van der Waals surface area contributed by atoms with Gasteiger partial charge < -0.3 is 24.8 Å². The van der Waals surface area contributed by atoms with Crippen molar-refractivity contribution in [2.75, 3.05) is 27.9 Å². The maximum absolute atomic E-state index is 12.4. The van der Waals surface area contributed by atoms with Gasteiger partial charge in [-0.3, -0.25) is 9.59 Å². The molecule has 0 aliphatic carbocycles. The second-order valence-corrected chi connectivity index (χ2v) is 6.20. The molecule has 8 heteroatoms. The molecule has 2 aromatic carbocycles. The molecule has 0 aromatic heterocycles. The summed E-state index contributed by atoms with van der Waals surface area (Å²) in [6.45, 7) is 0.517. The summed E-state index contributed by atoms with van der Waals surface area (Å²) in [6, 6.07) is 10.4. The van der Waals surface area contributed by atoms with E-state index in [4.69, 9.17) is 25.8 Å². The summed E-state index contributed by atoms with van der Waals surface area (Å²) in [5, 5.41) is 6.07. The number of carbonyl (C=O) groups excluding carboxylic acids is 2. The third-order valence-corrected chi connectivity index (χ3v) is 4.37. The molecular formula is C20H23ClN2O5. The van der Waals surface area contributed by atoms with Gasteiger partial charge in [-0.2, -0.15) is 0 Å². The van der Waals surface area contributed by atoms with E-state index in [1.807, 2.05) is 18.2 Å². The predicted octanol–water partition coefficient (Wildman–Crippen LogP) is 2.80. The van der Waals surface area contributed by atoms with E-state index >= 15 is 0 Å². The van der Waals surface area contributed by atoms with Gasteiger partial charge in [0.1, 0.15) is 0 Å². The van der Waals surface area contributed by atoms with Crippen LogP contribution in [0.2, 0.25) is 5.02 Å². The summed E-state index contributed by atoms with van der Waals surface area (Å²) in [7, 11) is 4.44. The van der Waals surface area contributed by atoms with Gasteiger partial charge in [0.25, 0.3) is 5.91 Å². The Hall–Kier alpha value is -2.93. The molecule has 2 rings (SSSR count). The van der Waals surface area contributed by atoms with Crippen LogP contribution in [-0.2, 0) is 11.3 Å². The highest BCUT2D eigenvalue weighted by atomic mass is 35.5. The van der Waals surface area contributed by atoms with Gasteiger partial charge in [0, 0.05) is 30.1 Å². The lowest BCUT2D eigenvalue weighted by Gasteiger charge is -2.14. The molecule has 0 aliphatic rings. The number of benzene rings is 2. The Labute approximate surface area is 168 Å². The third kappa shape index (κ3) is 5.53. The molecule has 0 aliphatic heterocycles. The monoisotopic (exact) mass is 406 g/mol. The molecule has 7 nitrogen and oxygen atoms in total. The van der Waals surface area contributed by atoms with Crippen molar-refractivity contribution in [2.24, 2.45) is 0 Å². The van der Waals surface area contributed by atoms with Crippen LogP contribution >= 0.6 is 11.6 Å². The number of amides is 2. The highest BCUT2D eigenvalue weighted by Gasteiger charge is 2.17. The van der Waals surface area contributed by atoms with Crippen LogP contribution in [0.25, 0.3) is 0 Å². The molecule has 28 heavy (non-hydrogen) atoms. The van der Waals surface area contributed by atoms with Crippen molar-refractivity contribution in [3.63, 3.8) is 0 Å². The summed E-state index contributed by atoms with van der Waals surface area (Å²) in [5.41, 5.74) is 1.17. The fourth-order valence-electron chi connectivity index (χ4n) is 2.53. The molecule has 2 aromatic rings. The van der Waals surface area contributed by atoms with Gasteiger partial charge in [-0.05, 0) is 23.8 Å². The van der Waals surface area contributed by atoms with Crippen molar-refractivity contribution in [1.82, 2.24) is 10.6 Å². The number of rotatable bonds is 9. The second kappa shape index (κ2) is 10.4. The Morgan fingerprint density at radius 1 is 0.964 bits per heavy atom. The first kappa shape index (κ1) is 21.4. The first-order valence-electron chi connectivity index (χ1n) is 8.58. The average Bonchev–Trinajstić information content (AvgIpc) is 2.71. The van der Waals surface area contributed by atoms with E-state index in [0.29, 0.717) is 34.4 Å². The van der Waals surface area contributed by atoms with Crippen molar-refractivity contribution in [3.05, 3.63) is 52.5 Å². The number of hydrogen-bond acceptors (Lipinski definition) is 5. The number of carbonyl (C=O) groups is 2. The molecule has 150 valence electrons. The zero-order valence-corrected chi connectivity index (χ0v) is 16.8. The van der Waals surface area contributed by atoms with Gasteiger partial charge in [-0.25, -0.2) is 0 Å². The number of ether oxygens (including phenoxy) is 3. The molecule has 2 amide bonds. The largest absolute Gasteiger partial charge is 0.493 e. The van der Waals surface area contributed by atoms with Gasteiger partial charge in [-0.1, -0.05) is 29.8 Å². The molecule has 0 heterocycles. The van der Waals surface area contributed by atoms with Crippen LogP contribution in [0.3, 0.4) is 0 Å². The van der Waals surface area contributed by atoms with Gasteiger partial charge in [0.2, 0.25) is 11.7 Å². The van der Waals surface area contributed by atoms with E-state index in [0.717, 1.165) is 5.56 Å². The van der Waals surface area contributed by atoms with Crippen molar-refractivity contribution < 1.29 is 23.8 Å². The second-order valence-electron chi connectivity index (χ2n) is 5.79. The van der Waals surface area contributed by atoms with Crippen LogP contribution in [0.15, 0.2) is 36.4 Å². The van der Waals surface area contributed by atoms with Gasteiger partial charge in [-0.15, -0.1) is 0 Å². The molecule has 0 bridgehead atoms. The fourth-order valence-corrected chi connectivity index (χ4v) is 2.73. The summed E-state index contributed by atoms with van der Waals surface area (Å²) in [4.78, 5) is 24.3. The van der Waals surface area contributed by atoms with Crippen LogP contribution < -0.4 is 24.8 Å². The Morgan fingerprint density at radius 2 is 1.61 bits per heavy atom. The van der Waals surface area contributed by atoms with Crippen molar-refractivity contribution in [2.45, 2.75) is 13.0 Å². The van der Waals surface area contributed by atoms with Crippen molar-refractivity contribution in [1.29, 1.82) is 0 Å². The van der Waals surface area contributed by atoms with Crippen molar-refractivity contribution >= 4 is 23.4 Å². The van der Waals surface area contributed by atoms with Crippen LogP contribution in [0.4, 0.5) is 0 Å². The molecule has 0 unspecified atom stereocenters. The molecule has 0 radical (unpaired) electrons. The lowest BCUT2D eigenvalue weighted by Crippen LogP contribution is -2.30. The smallest absolute Gasteiger partial charge is 0.251 e. The molecule has 2 N–H and O–H groups in total. The molecular weight excluding hydrogens is 384 g/mol. The van der Waals surface area contributed by atoms with Crippen LogP contribution in [-0.4, -0.2) is 39.7 Å². The lowest BCUT2D eigenvalue weighted by atomic mass is 10.1. The Balaban J connectivity index is 1.88. The topological polar surface area (TPSA) is 85.9 Å². The Bertz CT molecular complexity index is 816. The van der Waals surface area contributed by atoms with E-state index in [2.05, 4.69) is 10.6 Å². The maximum Gasteiger partial charge on any atom is 0.251 e. The molecule has 0 fully saturated rings. The number of halogens is 1. The minimum Gasteiger partial charge on any atom is -0.493 e. The fraction of sp³-hybridized carbons (Fsp3) is 0.300. The van der Waals surface area contributed by atoms with Crippen molar-refractivity contribution in [3.8, 4) is 17.2 Å². The zero-order valence-electron chi connectivity index (χ0n) is 16.0. The standard InChI is InChI=1S/C20H23ClN2O5/c1-26-16-10-14(11-17(27-2)19(16)28-3)20(25)22-9-8-18(24)23-12-13-6-4-5-7-15(13)21/h4-7,10-11H,8-9,12H2,1-3H3,(H,22,25)(H,23,24). The summed E-state index contributed by atoms with van der Waals surface area (Å²) in [5.74, 6) is 0.623. The van der Waals surface area contributed by atoms with E-state index in [-0.39, 0.29) is 24.8 Å². The molecule has 0 saturated heterocycles. The third-order valence-electron chi connectivity index (χ3n) is 4.00. The van der Waals surface area contributed by atoms with E-state index in [1.54, 1.807) is 18.2 Å². The Morgan fingerprint density at radius 3 is 2.18 bits per heavy atom. The first-order chi connectivity index (χ1) is 13.5. The molecule has 0 atom stereocenters. The zero-order chi connectivity index (χ0) is 20.5. The SMILES string of the molecule is COc1cc(C(=O)NCCC(=O)NCc2ccccc2Cl)cc(OC)c1OC. The average molecular weight is 407 g/mol. The summed E-state index contributed by atoms with van der Waals surface area (Å²) >= 11 is 6.05. The van der Waals surface area contributed by atoms with Gasteiger partial charge in [0.05, 0.1) is 21.3 Å². The highest BCUT2D eigenvalue weighted by molar-refractivity contribution is 6.31. The minimum absolute atomic E-state index is 0.140. The van der Waals surface area contributed by atoms with E-state index in [9.17, 15) is 9.59 Å². The Kier molecular flexibility index (Phi) is 7.95. The number of hydrogen-bond donors (Lipinski definition) is 2. The van der Waals surface area contributed by atoms with Gasteiger partial charge >= 0.3 is 0 Å². The van der Waals surface area contributed by atoms with Crippen LogP contribution in [0, 0.1) is 0 Å².